The maximum Gasteiger partial charge on any atom is 0.331 e. The molecule has 0 saturated heterocycles. The van der Waals surface area contributed by atoms with Crippen molar-refractivity contribution in [1.29, 1.82) is 0 Å². The molecule has 1 heterocycles. The van der Waals surface area contributed by atoms with E-state index in [1.807, 2.05) is 36.4 Å². The van der Waals surface area contributed by atoms with Crippen molar-refractivity contribution in [2.75, 3.05) is 32.1 Å². The molecule has 2 N–H and O–H groups in total. The first-order chi connectivity index (χ1) is 15.1. The Morgan fingerprint density at radius 3 is 2.81 bits per heavy atom. The molecular weight excluding hydrogens is 396 g/mol. The van der Waals surface area contributed by atoms with E-state index < -0.39 is 12.1 Å². The van der Waals surface area contributed by atoms with Gasteiger partial charge in [-0.05, 0) is 35.9 Å². The second kappa shape index (κ2) is 11.0. The summed E-state index contributed by atoms with van der Waals surface area (Å²) in [5.74, 6) is 0.814. The Morgan fingerprint density at radius 1 is 1.26 bits per heavy atom. The predicted octanol–water partition coefficient (Wildman–Crippen LogP) is 2.97. The second-order valence-electron chi connectivity index (χ2n) is 6.93. The minimum atomic E-state index is -0.520. The fourth-order valence-corrected chi connectivity index (χ4v) is 3.10. The first-order valence-corrected chi connectivity index (χ1v) is 9.98. The van der Waals surface area contributed by atoms with Crippen LogP contribution < -0.4 is 20.1 Å². The molecule has 2 aromatic carbocycles. The molecule has 0 spiro atoms. The summed E-state index contributed by atoms with van der Waals surface area (Å²) >= 11 is 0. The highest BCUT2D eigenvalue weighted by molar-refractivity contribution is 6.00. The number of esters is 1. The minimum absolute atomic E-state index is 0.0645. The van der Waals surface area contributed by atoms with Gasteiger partial charge in [-0.1, -0.05) is 24.3 Å². The molecule has 1 atom stereocenters. The van der Waals surface area contributed by atoms with Crippen LogP contribution in [0.1, 0.15) is 11.1 Å². The Hall–Kier alpha value is -3.58. The van der Waals surface area contributed by atoms with Gasteiger partial charge in [0.2, 0.25) is 5.91 Å². The van der Waals surface area contributed by atoms with Crippen molar-refractivity contribution in [2.24, 2.45) is 0 Å². The van der Waals surface area contributed by atoms with Crippen molar-refractivity contribution in [3.05, 3.63) is 72.3 Å². The van der Waals surface area contributed by atoms with Gasteiger partial charge in [0.15, 0.2) is 0 Å². The average molecular weight is 422 g/mol. The van der Waals surface area contributed by atoms with Crippen molar-refractivity contribution < 1.29 is 23.8 Å². The largest absolute Gasteiger partial charge is 0.497 e. The van der Waals surface area contributed by atoms with Gasteiger partial charge in [0.25, 0.3) is 0 Å². The minimum Gasteiger partial charge on any atom is -0.497 e. The number of nitrogens with one attached hydrogen (secondary N) is 2. The lowest BCUT2D eigenvalue weighted by molar-refractivity contribution is -0.144. The lowest BCUT2D eigenvalue weighted by Crippen LogP contribution is -2.35. The molecule has 1 unspecified atom stereocenters. The molecule has 1 amide bonds. The van der Waals surface area contributed by atoms with Gasteiger partial charge in [-0.3, -0.25) is 4.79 Å². The molecule has 162 valence electrons. The number of methoxy groups -OCH3 is 1. The van der Waals surface area contributed by atoms with Crippen LogP contribution >= 0.6 is 0 Å². The molecule has 0 radical (unpaired) electrons. The normalized spacial score (nSPS) is 13.4. The van der Waals surface area contributed by atoms with Crippen LogP contribution in [0.3, 0.4) is 0 Å². The predicted molar refractivity (Wildman–Crippen MR) is 119 cm³/mol. The summed E-state index contributed by atoms with van der Waals surface area (Å²) in [6.07, 6.45) is 4.54. The van der Waals surface area contributed by atoms with Gasteiger partial charge in [-0.15, -0.1) is 6.58 Å². The number of fused-ring (bicyclic) bond motifs is 1. The molecule has 0 saturated carbocycles. The highest BCUT2D eigenvalue weighted by Crippen LogP contribution is 2.31. The number of amides is 1. The van der Waals surface area contributed by atoms with Crippen LogP contribution in [0, 0.1) is 0 Å². The second-order valence-corrected chi connectivity index (χ2v) is 6.93. The summed E-state index contributed by atoms with van der Waals surface area (Å²) < 4.78 is 16.6. The van der Waals surface area contributed by atoms with Crippen molar-refractivity contribution in [2.45, 2.75) is 12.5 Å². The lowest BCUT2D eigenvalue weighted by Gasteiger charge is -2.19. The number of hydrogen-bond acceptors (Lipinski definition) is 6. The van der Waals surface area contributed by atoms with Crippen LogP contribution in [0.5, 0.6) is 11.5 Å². The highest BCUT2D eigenvalue weighted by Gasteiger charge is 2.22. The molecule has 0 fully saturated rings. The molecule has 1 aliphatic rings. The zero-order chi connectivity index (χ0) is 22.1. The van der Waals surface area contributed by atoms with Crippen LogP contribution in [0.4, 0.5) is 5.69 Å². The maximum absolute atomic E-state index is 12.3. The smallest absolute Gasteiger partial charge is 0.331 e. The van der Waals surface area contributed by atoms with E-state index in [0.717, 1.165) is 22.6 Å². The summed E-state index contributed by atoms with van der Waals surface area (Å²) in [4.78, 5) is 24.0. The molecule has 31 heavy (non-hydrogen) atoms. The molecule has 7 nitrogen and oxygen atoms in total. The van der Waals surface area contributed by atoms with Gasteiger partial charge in [0.1, 0.15) is 24.2 Å². The number of rotatable bonds is 11. The van der Waals surface area contributed by atoms with Gasteiger partial charge in [0.05, 0.1) is 13.5 Å². The Labute approximate surface area is 181 Å². The Morgan fingerprint density at radius 2 is 2.06 bits per heavy atom. The average Bonchev–Trinajstić information content (AvgIpc) is 3.17. The van der Waals surface area contributed by atoms with Crippen LogP contribution in [-0.2, 0) is 20.7 Å². The molecule has 0 aromatic heterocycles. The zero-order valence-electron chi connectivity index (χ0n) is 17.4. The number of hydrogen-bond donors (Lipinski definition) is 2. The third-order valence-corrected chi connectivity index (χ3v) is 4.64. The summed E-state index contributed by atoms with van der Waals surface area (Å²) in [7, 11) is 1.60. The van der Waals surface area contributed by atoms with Gasteiger partial charge >= 0.3 is 5.97 Å². The van der Waals surface area contributed by atoms with Crippen LogP contribution in [0.2, 0.25) is 0 Å². The summed E-state index contributed by atoms with van der Waals surface area (Å²) in [5.41, 5.74) is 2.42. The van der Waals surface area contributed by atoms with Crippen molar-refractivity contribution in [3.8, 4) is 11.5 Å². The summed E-state index contributed by atoms with van der Waals surface area (Å²) in [6.45, 7) is 4.80. The molecule has 0 bridgehead atoms. The number of carbonyl (C=O) groups is 2. The van der Waals surface area contributed by atoms with Gasteiger partial charge in [-0.25, -0.2) is 4.79 Å². The Balaban J connectivity index is 1.60. The van der Waals surface area contributed by atoms with E-state index in [0.29, 0.717) is 18.8 Å². The van der Waals surface area contributed by atoms with Crippen molar-refractivity contribution in [1.82, 2.24) is 5.32 Å². The van der Waals surface area contributed by atoms with Gasteiger partial charge in [-0.2, -0.15) is 0 Å². The molecule has 1 aliphatic heterocycles. The summed E-state index contributed by atoms with van der Waals surface area (Å²) in [5, 5.41) is 5.94. The van der Waals surface area contributed by atoms with Gasteiger partial charge in [0, 0.05) is 30.4 Å². The van der Waals surface area contributed by atoms with E-state index in [1.165, 1.54) is 6.08 Å². The first kappa shape index (κ1) is 22.1. The topological polar surface area (TPSA) is 85.9 Å². The first-order valence-electron chi connectivity index (χ1n) is 9.98. The maximum atomic E-state index is 12.3. The molecule has 0 aliphatic carbocycles. The lowest BCUT2D eigenvalue weighted by atomic mass is 10.1. The SMILES string of the molecule is C=CCNCC(COc1cccc2c1CC(=O)N2)OC(=O)/C=C/c1ccc(OC)cc1. The van der Waals surface area contributed by atoms with Crippen LogP contribution in [0.25, 0.3) is 6.08 Å². The number of anilines is 1. The van der Waals surface area contributed by atoms with E-state index in [1.54, 1.807) is 25.3 Å². The Bertz CT molecular complexity index is 953. The quantitative estimate of drug-likeness (QED) is 0.251. The molecule has 7 heteroatoms. The molecule has 3 rings (SSSR count). The van der Waals surface area contributed by atoms with E-state index in [2.05, 4.69) is 17.2 Å². The van der Waals surface area contributed by atoms with Crippen molar-refractivity contribution >= 4 is 23.6 Å². The third kappa shape index (κ3) is 6.45. The fourth-order valence-electron chi connectivity index (χ4n) is 3.10. The monoisotopic (exact) mass is 422 g/mol. The number of carbonyl (C=O) groups excluding carboxylic acids is 2. The van der Waals surface area contributed by atoms with E-state index in [9.17, 15) is 9.59 Å². The Kier molecular flexibility index (Phi) is 7.84. The zero-order valence-corrected chi connectivity index (χ0v) is 17.4. The van der Waals surface area contributed by atoms with Crippen molar-refractivity contribution in [3.63, 3.8) is 0 Å². The van der Waals surface area contributed by atoms with E-state index in [-0.39, 0.29) is 18.9 Å². The number of ether oxygens (including phenoxy) is 3. The molecular formula is C24H26N2O5. The highest BCUT2D eigenvalue weighted by atomic mass is 16.6. The van der Waals surface area contributed by atoms with Gasteiger partial charge < -0.3 is 24.8 Å². The van der Waals surface area contributed by atoms with E-state index >= 15 is 0 Å². The molecule has 2 aromatic rings. The summed E-state index contributed by atoms with van der Waals surface area (Å²) in [6, 6.07) is 12.8. The number of benzene rings is 2. The van der Waals surface area contributed by atoms with Crippen LogP contribution in [-0.4, -0.2) is 44.8 Å². The third-order valence-electron chi connectivity index (χ3n) is 4.64. The standard InChI is InChI=1S/C24H26N2O5/c1-3-13-25-15-19(16-30-22-6-4-5-21-20(22)14-23(27)26-21)31-24(28)12-9-17-7-10-18(29-2)11-8-17/h3-12,19,25H,1,13-16H2,2H3,(H,26,27)/b12-9+. The van der Waals surface area contributed by atoms with Crippen LogP contribution in [0.15, 0.2) is 61.2 Å². The fraction of sp³-hybridized carbons (Fsp3) is 0.250. The van der Waals surface area contributed by atoms with E-state index in [4.69, 9.17) is 14.2 Å².